The van der Waals surface area contributed by atoms with Crippen molar-refractivity contribution in [1.29, 1.82) is 0 Å². The van der Waals surface area contributed by atoms with E-state index in [2.05, 4.69) is 10.3 Å². The Hall–Kier alpha value is -2.34. The zero-order chi connectivity index (χ0) is 16.9. The maximum Gasteiger partial charge on any atom is 0.341 e. The summed E-state index contributed by atoms with van der Waals surface area (Å²) in [5.74, 6) is -0.799. The van der Waals surface area contributed by atoms with Gasteiger partial charge < -0.3 is 10.1 Å². The third kappa shape index (κ3) is 4.35. The molecule has 0 spiro atoms. The summed E-state index contributed by atoms with van der Waals surface area (Å²) in [6, 6.07) is 13.2. The number of pyridine rings is 1. The molecule has 1 aromatic heterocycles. The third-order valence-electron chi connectivity index (χ3n) is 3.53. The molecular weight excluding hydrogens is 324 g/mol. The highest BCUT2D eigenvalue weighted by molar-refractivity contribution is 7.99. The molecule has 1 saturated carbocycles. The molecule has 1 aromatic carbocycles. The highest BCUT2D eigenvalue weighted by atomic mass is 32.2. The summed E-state index contributed by atoms with van der Waals surface area (Å²) in [4.78, 5) is 29.6. The Balaban J connectivity index is 1.69. The van der Waals surface area contributed by atoms with Crippen molar-refractivity contribution in [3.63, 3.8) is 0 Å². The van der Waals surface area contributed by atoms with Gasteiger partial charge in [0.05, 0.1) is 5.56 Å². The van der Waals surface area contributed by atoms with Gasteiger partial charge in [0.15, 0.2) is 6.10 Å². The fourth-order valence-electron chi connectivity index (χ4n) is 2.05. The normalized spacial score (nSPS) is 14.7. The first-order valence-electron chi connectivity index (χ1n) is 7.83. The van der Waals surface area contributed by atoms with E-state index >= 15 is 0 Å². The van der Waals surface area contributed by atoms with Crippen LogP contribution in [0.5, 0.6) is 0 Å². The van der Waals surface area contributed by atoms with Crippen LogP contribution in [0.15, 0.2) is 58.6 Å². The number of hydrogen-bond donors (Lipinski definition) is 1. The van der Waals surface area contributed by atoms with Gasteiger partial charge in [-0.1, -0.05) is 30.0 Å². The predicted octanol–water partition coefficient (Wildman–Crippen LogP) is 3.06. The Morgan fingerprint density at radius 3 is 2.67 bits per heavy atom. The van der Waals surface area contributed by atoms with Crippen LogP contribution >= 0.6 is 11.8 Å². The van der Waals surface area contributed by atoms with Crippen molar-refractivity contribution in [3.8, 4) is 0 Å². The van der Waals surface area contributed by atoms with Crippen molar-refractivity contribution in [1.82, 2.24) is 10.3 Å². The Bertz CT molecular complexity index is 732. The van der Waals surface area contributed by atoms with E-state index in [0.29, 0.717) is 10.6 Å². The second kappa shape index (κ2) is 7.49. The van der Waals surface area contributed by atoms with Crippen LogP contribution in [0.4, 0.5) is 0 Å². The zero-order valence-corrected chi connectivity index (χ0v) is 14.1. The minimum Gasteiger partial charge on any atom is -0.449 e. The summed E-state index contributed by atoms with van der Waals surface area (Å²) in [6.45, 7) is 1.58. The first-order valence-corrected chi connectivity index (χ1v) is 8.64. The molecule has 1 amide bonds. The molecule has 1 aliphatic rings. The highest BCUT2D eigenvalue weighted by Gasteiger charge is 2.28. The van der Waals surface area contributed by atoms with E-state index in [1.54, 1.807) is 25.3 Å². The maximum atomic E-state index is 12.4. The monoisotopic (exact) mass is 342 g/mol. The van der Waals surface area contributed by atoms with Gasteiger partial charge in [0.2, 0.25) is 0 Å². The van der Waals surface area contributed by atoms with Crippen molar-refractivity contribution < 1.29 is 14.3 Å². The van der Waals surface area contributed by atoms with Gasteiger partial charge in [-0.3, -0.25) is 4.79 Å². The molecule has 2 aromatic rings. The number of ether oxygens (including phenoxy) is 1. The Morgan fingerprint density at radius 1 is 1.21 bits per heavy atom. The molecule has 0 saturated heterocycles. The molecule has 5 nitrogen and oxygen atoms in total. The SMILES string of the molecule is C[C@H](OC(=O)c1cccnc1Sc1ccccc1)C(=O)NC1CC1. The topological polar surface area (TPSA) is 68.3 Å². The van der Waals surface area contributed by atoms with Gasteiger partial charge >= 0.3 is 5.97 Å². The molecule has 0 radical (unpaired) electrons. The Morgan fingerprint density at radius 2 is 1.96 bits per heavy atom. The molecular formula is C18H18N2O3S. The van der Waals surface area contributed by atoms with E-state index < -0.39 is 12.1 Å². The molecule has 1 atom stereocenters. The number of esters is 1. The lowest BCUT2D eigenvalue weighted by Gasteiger charge is -2.14. The molecule has 1 aliphatic carbocycles. The van der Waals surface area contributed by atoms with Gasteiger partial charge in [0.1, 0.15) is 5.03 Å². The lowest BCUT2D eigenvalue weighted by atomic mass is 10.3. The fourth-order valence-corrected chi connectivity index (χ4v) is 2.94. The molecule has 0 bridgehead atoms. The molecule has 124 valence electrons. The summed E-state index contributed by atoms with van der Waals surface area (Å²) >= 11 is 1.39. The molecule has 1 fully saturated rings. The van der Waals surface area contributed by atoms with Gasteiger partial charge in [-0.05, 0) is 44.0 Å². The van der Waals surface area contributed by atoms with Gasteiger partial charge in [-0.15, -0.1) is 0 Å². The van der Waals surface area contributed by atoms with Crippen LogP contribution in [-0.2, 0) is 9.53 Å². The van der Waals surface area contributed by atoms with Crippen LogP contribution in [0, 0.1) is 0 Å². The van der Waals surface area contributed by atoms with Gasteiger partial charge in [0, 0.05) is 17.1 Å². The molecule has 3 rings (SSSR count). The average molecular weight is 342 g/mol. The highest BCUT2D eigenvalue weighted by Crippen LogP contribution is 2.28. The Labute approximate surface area is 144 Å². The molecule has 0 aliphatic heterocycles. The summed E-state index contributed by atoms with van der Waals surface area (Å²) in [5, 5.41) is 3.39. The van der Waals surface area contributed by atoms with Crippen LogP contribution in [0.3, 0.4) is 0 Å². The quantitative estimate of drug-likeness (QED) is 0.817. The van der Waals surface area contributed by atoms with E-state index in [-0.39, 0.29) is 11.9 Å². The van der Waals surface area contributed by atoms with E-state index in [1.165, 1.54) is 11.8 Å². The fraction of sp³-hybridized carbons (Fsp3) is 0.278. The standard InChI is InChI=1S/C18H18N2O3S/c1-12(16(21)20-13-9-10-13)23-18(22)15-8-5-11-19-17(15)24-14-6-3-2-4-7-14/h2-8,11-13H,9-10H2,1H3,(H,20,21)/t12-/m0/s1. The second-order valence-electron chi connectivity index (χ2n) is 5.60. The van der Waals surface area contributed by atoms with Gasteiger partial charge in [-0.2, -0.15) is 0 Å². The number of amides is 1. The number of carbonyl (C=O) groups is 2. The van der Waals surface area contributed by atoms with Crippen LogP contribution < -0.4 is 5.32 Å². The average Bonchev–Trinajstić information content (AvgIpc) is 3.40. The first-order chi connectivity index (χ1) is 11.6. The minimum atomic E-state index is -0.826. The number of nitrogens with one attached hydrogen (secondary N) is 1. The number of hydrogen-bond acceptors (Lipinski definition) is 5. The van der Waals surface area contributed by atoms with Crippen molar-refractivity contribution in [2.75, 3.05) is 0 Å². The number of aromatic nitrogens is 1. The summed E-state index contributed by atoms with van der Waals surface area (Å²) < 4.78 is 5.30. The number of benzene rings is 1. The minimum absolute atomic E-state index is 0.237. The molecule has 1 N–H and O–H groups in total. The lowest BCUT2D eigenvalue weighted by Crippen LogP contribution is -2.37. The Kier molecular flexibility index (Phi) is 5.15. The number of carbonyl (C=O) groups excluding carboxylic acids is 2. The van der Waals surface area contributed by atoms with E-state index in [9.17, 15) is 9.59 Å². The largest absolute Gasteiger partial charge is 0.449 e. The molecule has 1 heterocycles. The van der Waals surface area contributed by atoms with Crippen LogP contribution in [-0.4, -0.2) is 29.0 Å². The molecule has 6 heteroatoms. The molecule has 0 unspecified atom stereocenters. The summed E-state index contributed by atoms with van der Waals surface area (Å²) in [5.41, 5.74) is 0.359. The maximum absolute atomic E-state index is 12.4. The second-order valence-corrected chi connectivity index (χ2v) is 6.66. The van der Waals surface area contributed by atoms with Crippen molar-refractivity contribution in [2.45, 2.75) is 41.8 Å². The summed E-state index contributed by atoms with van der Waals surface area (Å²) in [7, 11) is 0. The van der Waals surface area contributed by atoms with Gasteiger partial charge in [-0.25, -0.2) is 9.78 Å². The smallest absolute Gasteiger partial charge is 0.341 e. The number of rotatable bonds is 6. The zero-order valence-electron chi connectivity index (χ0n) is 13.3. The molecule has 24 heavy (non-hydrogen) atoms. The first kappa shape index (κ1) is 16.5. The van der Waals surface area contributed by atoms with Crippen LogP contribution in [0.2, 0.25) is 0 Å². The van der Waals surface area contributed by atoms with E-state index in [0.717, 1.165) is 17.7 Å². The van der Waals surface area contributed by atoms with Gasteiger partial charge in [0.25, 0.3) is 5.91 Å². The predicted molar refractivity (Wildman–Crippen MR) is 90.8 cm³/mol. The number of nitrogens with zero attached hydrogens (tertiary/aromatic N) is 1. The lowest BCUT2D eigenvalue weighted by molar-refractivity contribution is -0.129. The van der Waals surface area contributed by atoms with Crippen LogP contribution in [0.1, 0.15) is 30.1 Å². The van der Waals surface area contributed by atoms with Crippen molar-refractivity contribution >= 4 is 23.6 Å². The van der Waals surface area contributed by atoms with E-state index in [4.69, 9.17) is 4.74 Å². The van der Waals surface area contributed by atoms with Crippen LogP contribution in [0.25, 0.3) is 0 Å². The van der Waals surface area contributed by atoms with Crippen molar-refractivity contribution in [3.05, 3.63) is 54.2 Å². The summed E-state index contributed by atoms with van der Waals surface area (Å²) in [6.07, 6.45) is 2.79. The third-order valence-corrected chi connectivity index (χ3v) is 4.55. The van der Waals surface area contributed by atoms with Crippen molar-refractivity contribution in [2.24, 2.45) is 0 Å². The van der Waals surface area contributed by atoms with E-state index in [1.807, 2.05) is 30.3 Å².